The van der Waals surface area contributed by atoms with E-state index in [1.165, 1.54) is 6.07 Å². The van der Waals surface area contributed by atoms with Crippen LogP contribution in [-0.2, 0) is 11.3 Å². The van der Waals surface area contributed by atoms with Gasteiger partial charge in [0.1, 0.15) is 0 Å². The van der Waals surface area contributed by atoms with Crippen molar-refractivity contribution in [3.63, 3.8) is 0 Å². The Morgan fingerprint density at radius 1 is 1.47 bits per heavy atom. The van der Waals surface area contributed by atoms with Gasteiger partial charge in [0.25, 0.3) is 0 Å². The van der Waals surface area contributed by atoms with E-state index in [4.69, 9.17) is 9.47 Å². The zero-order chi connectivity index (χ0) is 11.3. The Bertz CT molecular complexity index is 351. The molecule has 0 saturated carbocycles. The first-order valence-electron chi connectivity index (χ1n) is 4.58. The molecule has 0 aliphatic rings. The highest BCUT2D eigenvalue weighted by Gasteiger charge is 2.14. The van der Waals surface area contributed by atoms with E-state index in [0.29, 0.717) is 13.2 Å². The maximum atomic E-state index is 10.7. The number of rotatable bonds is 5. The molecule has 0 radical (unpaired) electrons. The van der Waals surface area contributed by atoms with E-state index in [9.17, 15) is 10.1 Å². The Hall–Kier alpha value is -1.62. The van der Waals surface area contributed by atoms with Gasteiger partial charge in [-0.25, -0.2) is 0 Å². The molecule has 82 valence electrons. The summed E-state index contributed by atoms with van der Waals surface area (Å²) in [5.74, 6) is 0.289. The van der Waals surface area contributed by atoms with Crippen LogP contribution in [0.5, 0.6) is 5.75 Å². The van der Waals surface area contributed by atoms with Crippen molar-refractivity contribution in [3.05, 3.63) is 33.9 Å². The van der Waals surface area contributed by atoms with E-state index in [1.54, 1.807) is 26.2 Å². The van der Waals surface area contributed by atoms with Gasteiger partial charge in [0.2, 0.25) is 0 Å². The largest absolute Gasteiger partial charge is 0.487 e. The lowest BCUT2D eigenvalue weighted by molar-refractivity contribution is -0.385. The van der Waals surface area contributed by atoms with E-state index in [-0.39, 0.29) is 11.4 Å². The molecular formula is C10H13NO4. The smallest absolute Gasteiger partial charge is 0.310 e. The summed E-state index contributed by atoms with van der Waals surface area (Å²) in [6, 6.07) is 4.72. The van der Waals surface area contributed by atoms with Crippen LogP contribution < -0.4 is 4.74 Å². The topological polar surface area (TPSA) is 61.6 Å². The molecule has 0 fully saturated rings. The third-order valence-electron chi connectivity index (χ3n) is 1.83. The summed E-state index contributed by atoms with van der Waals surface area (Å²) in [5, 5.41) is 10.7. The van der Waals surface area contributed by atoms with Gasteiger partial charge in [-0.05, 0) is 24.6 Å². The summed E-state index contributed by atoms with van der Waals surface area (Å²) in [6.07, 6.45) is 0. The van der Waals surface area contributed by atoms with Crippen molar-refractivity contribution in [1.82, 2.24) is 0 Å². The van der Waals surface area contributed by atoms with Crippen LogP contribution in [0.15, 0.2) is 18.2 Å². The van der Waals surface area contributed by atoms with Gasteiger partial charge in [0.15, 0.2) is 5.75 Å². The van der Waals surface area contributed by atoms with Gasteiger partial charge in [-0.15, -0.1) is 0 Å². The minimum absolute atomic E-state index is 0.0169. The first-order chi connectivity index (χ1) is 7.19. The van der Waals surface area contributed by atoms with Crippen molar-refractivity contribution in [1.29, 1.82) is 0 Å². The molecule has 15 heavy (non-hydrogen) atoms. The molecule has 0 N–H and O–H groups in total. The first-order valence-corrected chi connectivity index (χ1v) is 4.58. The number of hydrogen-bond acceptors (Lipinski definition) is 4. The van der Waals surface area contributed by atoms with Gasteiger partial charge >= 0.3 is 5.69 Å². The fraction of sp³-hybridized carbons (Fsp3) is 0.400. The second-order valence-corrected chi connectivity index (χ2v) is 2.93. The maximum absolute atomic E-state index is 10.7. The molecule has 5 heteroatoms. The summed E-state index contributed by atoms with van der Waals surface area (Å²) in [5.41, 5.74) is 0.836. The minimum Gasteiger partial charge on any atom is -0.487 e. The molecule has 0 bridgehead atoms. The van der Waals surface area contributed by atoms with Crippen LogP contribution in [0.3, 0.4) is 0 Å². The van der Waals surface area contributed by atoms with Crippen LogP contribution in [0.1, 0.15) is 12.5 Å². The lowest BCUT2D eigenvalue weighted by Crippen LogP contribution is -1.99. The van der Waals surface area contributed by atoms with E-state index in [0.717, 1.165) is 5.56 Å². The lowest BCUT2D eigenvalue weighted by Gasteiger charge is -2.06. The fourth-order valence-electron chi connectivity index (χ4n) is 1.24. The number of methoxy groups -OCH3 is 1. The highest BCUT2D eigenvalue weighted by Crippen LogP contribution is 2.28. The third kappa shape index (κ3) is 2.92. The molecule has 0 aliphatic carbocycles. The highest BCUT2D eigenvalue weighted by atomic mass is 16.6. The molecule has 0 aliphatic heterocycles. The number of nitro groups is 1. The molecule has 0 saturated heterocycles. The zero-order valence-electron chi connectivity index (χ0n) is 8.73. The summed E-state index contributed by atoms with van der Waals surface area (Å²) in [4.78, 5) is 10.2. The van der Waals surface area contributed by atoms with Crippen molar-refractivity contribution in [2.75, 3.05) is 13.7 Å². The van der Waals surface area contributed by atoms with Crippen molar-refractivity contribution in [2.24, 2.45) is 0 Å². The Balaban J connectivity index is 3.03. The Labute approximate surface area is 87.8 Å². The number of benzene rings is 1. The quantitative estimate of drug-likeness (QED) is 0.553. The molecule has 1 aromatic rings. The number of ether oxygens (including phenoxy) is 2. The number of nitro benzene ring substituents is 1. The zero-order valence-corrected chi connectivity index (χ0v) is 8.73. The standard InChI is InChI=1S/C10H13NO4/c1-3-15-10-6-8(7-14-2)4-5-9(10)11(12)13/h4-6H,3,7H2,1-2H3. The molecule has 0 heterocycles. The first kappa shape index (κ1) is 11.5. The van der Waals surface area contributed by atoms with Crippen LogP contribution in [0, 0.1) is 10.1 Å². The SMILES string of the molecule is CCOc1cc(COC)ccc1[N+](=O)[O-]. The average Bonchev–Trinajstić information content (AvgIpc) is 2.18. The molecule has 1 aromatic carbocycles. The van der Waals surface area contributed by atoms with E-state index >= 15 is 0 Å². The number of hydrogen-bond donors (Lipinski definition) is 0. The van der Waals surface area contributed by atoms with Crippen molar-refractivity contribution in [3.8, 4) is 5.75 Å². The van der Waals surface area contributed by atoms with Gasteiger partial charge in [-0.2, -0.15) is 0 Å². The van der Waals surface area contributed by atoms with E-state index < -0.39 is 4.92 Å². The monoisotopic (exact) mass is 211 g/mol. The van der Waals surface area contributed by atoms with Crippen molar-refractivity contribution >= 4 is 5.69 Å². The Morgan fingerprint density at radius 2 is 2.20 bits per heavy atom. The van der Waals surface area contributed by atoms with E-state index in [1.807, 2.05) is 0 Å². The van der Waals surface area contributed by atoms with Crippen LogP contribution >= 0.6 is 0 Å². The molecule has 0 atom stereocenters. The second kappa shape index (κ2) is 5.31. The number of nitrogens with zero attached hydrogens (tertiary/aromatic N) is 1. The van der Waals surface area contributed by atoms with Crippen LogP contribution in [0.4, 0.5) is 5.69 Å². The van der Waals surface area contributed by atoms with Crippen LogP contribution in [0.2, 0.25) is 0 Å². The summed E-state index contributed by atoms with van der Waals surface area (Å²) >= 11 is 0. The molecule has 5 nitrogen and oxygen atoms in total. The summed E-state index contributed by atoms with van der Waals surface area (Å²) in [6.45, 7) is 2.60. The predicted octanol–water partition coefficient (Wildman–Crippen LogP) is 2.14. The Kier molecular flexibility index (Phi) is 4.05. The van der Waals surface area contributed by atoms with Crippen LogP contribution in [-0.4, -0.2) is 18.6 Å². The molecular weight excluding hydrogens is 198 g/mol. The van der Waals surface area contributed by atoms with Gasteiger partial charge < -0.3 is 9.47 Å². The average molecular weight is 211 g/mol. The second-order valence-electron chi connectivity index (χ2n) is 2.93. The summed E-state index contributed by atoms with van der Waals surface area (Å²) < 4.78 is 10.1. The van der Waals surface area contributed by atoms with Gasteiger partial charge in [-0.1, -0.05) is 0 Å². The molecule has 0 amide bonds. The maximum Gasteiger partial charge on any atom is 0.310 e. The molecule has 1 rings (SSSR count). The minimum atomic E-state index is -0.457. The fourth-order valence-corrected chi connectivity index (χ4v) is 1.24. The molecule has 0 unspecified atom stereocenters. The van der Waals surface area contributed by atoms with E-state index in [2.05, 4.69) is 0 Å². The van der Waals surface area contributed by atoms with Crippen molar-refractivity contribution < 1.29 is 14.4 Å². The lowest BCUT2D eigenvalue weighted by atomic mass is 10.2. The Morgan fingerprint density at radius 3 is 2.73 bits per heavy atom. The predicted molar refractivity (Wildman–Crippen MR) is 55.0 cm³/mol. The molecule has 0 spiro atoms. The normalized spacial score (nSPS) is 10.0. The van der Waals surface area contributed by atoms with Gasteiger partial charge in [-0.3, -0.25) is 10.1 Å². The summed E-state index contributed by atoms with van der Waals surface area (Å²) in [7, 11) is 1.57. The third-order valence-corrected chi connectivity index (χ3v) is 1.83. The van der Waals surface area contributed by atoms with Gasteiger partial charge in [0, 0.05) is 13.2 Å². The van der Waals surface area contributed by atoms with Gasteiger partial charge in [0.05, 0.1) is 18.1 Å². The highest BCUT2D eigenvalue weighted by molar-refractivity contribution is 5.48. The van der Waals surface area contributed by atoms with Crippen molar-refractivity contribution in [2.45, 2.75) is 13.5 Å². The van der Waals surface area contributed by atoms with Crippen LogP contribution in [0.25, 0.3) is 0 Å². The molecule has 0 aromatic heterocycles.